The lowest BCUT2D eigenvalue weighted by atomic mass is 10.2. The smallest absolute Gasteiger partial charge is 0.410 e. The number of anilines is 1. The zero-order valence-corrected chi connectivity index (χ0v) is 17.4. The Morgan fingerprint density at radius 2 is 1.79 bits per heavy atom. The molecule has 156 valence electrons. The molecule has 1 N–H and O–H groups in total. The molecular formula is C21H28N4O4. The molecule has 1 saturated heterocycles. The Balaban J connectivity index is 1.92. The average Bonchev–Trinajstić information content (AvgIpc) is 2.67. The summed E-state index contributed by atoms with van der Waals surface area (Å²) in [7, 11) is 0. The number of benzene rings is 1. The van der Waals surface area contributed by atoms with Crippen LogP contribution in [0.25, 0.3) is 0 Å². The predicted molar refractivity (Wildman–Crippen MR) is 109 cm³/mol. The van der Waals surface area contributed by atoms with Gasteiger partial charge in [0.2, 0.25) is 0 Å². The summed E-state index contributed by atoms with van der Waals surface area (Å²) >= 11 is 0. The molecule has 0 atom stereocenters. The minimum absolute atomic E-state index is 0.00426. The molecule has 0 aromatic heterocycles. The van der Waals surface area contributed by atoms with Crippen LogP contribution in [-0.4, -0.2) is 60.2 Å². The second kappa shape index (κ2) is 9.82. The van der Waals surface area contributed by atoms with E-state index in [0.717, 1.165) is 0 Å². The monoisotopic (exact) mass is 400 g/mol. The SMILES string of the molecule is CCOc1ccc(NC(=O)/C(C#N)=C\N2CCN(C(=O)OC(C)(C)C)CC2)cc1. The third-order valence-corrected chi connectivity index (χ3v) is 4.07. The Kier molecular flexibility index (Phi) is 7.48. The third kappa shape index (κ3) is 7.03. The van der Waals surface area contributed by atoms with Gasteiger partial charge in [0.15, 0.2) is 0 Å². The van der Waals surface area contributed by atoms with Crippen LogP contribution >= 0.6 is 0 Å². The second-order valence-corrected chi connectivity index (χ2v) is 7.57. The molecule has 1 aromatic rings. The van der Waals surface area contributed by atoms with Gasteiger partial charge in [0.25, 0.3) is 5.91 Å². The molecule has 29 heavy (non-hydrogen) atoms. The summed E-state index contributed by atoms with van der Waals surface area (Å²) in [6.45, 7) is 9.89. The summed E-state index contributed by atoms with van der Waals surface area (Å²) in [6.07, 6.45) is 1.19. The predicted octanol–water partition coefficient (Wildman–Crippen LogP) is 2.98. The van der Waals surface area contributed by atoms with E-state index in [-0.39, 0.29) is 11.7 Å². The molecule has 1 aliphatic rings. The van der Waals surface area contributed by atoms with Gasteiger partial charge in [-0.2, -0.15) is 5.26 Å². The highest BCUT2D eigenvalue weighted by molar-refractivity contribution is 6.06. The van der Waals surface area contributed by atoms with E-state index in [2.05, 4.69) is 5.32 Å². The summed E-state index contributed by atoms with van der Waals surface area (Å²) in [4.78, 5) is 28.0. The maximum absolute atomic E-state index is 12.4. The van der Waals surface area contributed by atoms with Crippen molar-refractivity contribution in [2.24, 2.45) is 0 Å². The topological polar surface area (TPSA) is 94.9 Å². The van der Waals surface area contributed by atoms with Crippen molar-refractivity contribution < 1.29 is 19.1 Å². The number of carbonyl (C=O) groups excluding carboxylic acids is 2. The number of nitrogens with zero attached hydrogens (tertiary/aromatic N) is 3. The summed E-state index contributed by atoms with van der Waals surface area (Å²) in [5.74, 6) is 0.232. The van der Waals surface area contributed by atoms with Gasteiger partial charge in [-0.1, -0.05) is 0 Å². The lowest BCUT2D eigenvalue weighted by Crippen LogP contribution is -2.48. The number of nitrogens with one attached hydrogen (secondary N) is 1. The van der Waals surface area contributed by atoms with E-state index >= 15 is 0 Å². The minimum Gasteiger partial charge on any atom is -0.494 e. The van der Waals surface area contributed by atoms with Gasteiger partial charge in [-0.15, -0.1) is 0 Å². The number of hydrogen-bond donors (Lipinski definition) is 1. The van der Waals surface area contributed by atoms with E-state index in [1.54, 1.807) is 29.2 Å². The first-order chi connectivity index (χ1) is 13.7. The number of rotatable bonds is 5. The van der Waals surface area contributed by atoms with Crippen LogP contribution in [0.3, 0.4) is 0 Å². The molecule has 2 rings (SSSR count). The van der Waals surface area contributed by atoms with Gasteiger partial charge in [0.05, 0.1) is 6.61 Å². The quantitative estimate of drug-likeness (QED) is 0.603. The molecule has 1 aliphatic heterocycles. The first kappa shape index (κ1) is 22.1. The van der Waals surface area contributed by atoms with Crippen molar-refractivity contribution in [1.29, 1.82) is 5.26 Å². The van der Waals surface area contributed by atoms with E-state index in [1.165, 1.54) is 6.20 Å². The van der Waals surface area contributed by atoms with Crippen molar-refractivity contribution >= 4 is 17.7 Å². The lowest BCUT2D eigenvalue weighted by molar-refractivity contribution is -0.112. The van der Waals surface area contributed by atoms with Crippen molar-refractivity contribution in [3.8, 4) is 11.8 Å². The number of carbonyl (C=O) groups is 2. The van der Waals surface area contributed by atoms with Gasteiger partial charge in [0.1, 0.15) is 23.0 Å². The third-order valence-electron chi connectivity index (χ3n) is 4.07. The summed E-state index contributed by atoms with van der Waals surface area (Å²) < 4.78 is 10.7. The molecule has 0 unspecified atom stereocenters. The molecule has 0 spiro atoms. The van der Waals surface area contributed by atoms with E-state index in [9.17, 15) is 14.9 Å². The molecule has 8 heteroatoms. The fourth-order valence-electron chi connectivity index (χ4n) is 2.68. The minimum atomic E-state index is -0.541. The Morgan fingerprint density at radius 3 is 2.31 bits per heavy atom. The van der Waals surface area contributed by atoms with Gasteiger partial charge in [0, 0.05) is 38.1 Å². The number of nitriles is 1. The Labute approximate surface area is 171 Å². The molecule has 0 aliphatic carbocycles. The van der Waals surface area contributed by atoms with Crippen LogP contribution < -0.4 is 10.1 Å². The lowest BCUT2D eigenvalue weighted by Gasteiger charge is -2.35. The van der Waals surface area contributed by atoms with Gasteiger partial charge in [-0.25, -0.2) is 4.79 Å². The largest absolute Gasteiger partial charge is 0.494 e. The number of ether oxygens (including phenoxy) is 2. The van der Waals surface area contributed by atoms with Crippen LogP contribution in [0.4, 0.5) is 10.5 Å². The zero-order chi connectivity index (χ0) is 21.4. The fourth-order valence-corrected chi connectivity index (χ4v) is 2.68. The van der Waals surface area contributed by atoms with Crippen LogP contribution in [0.2, 0.25) is 0 Å². The van der Waals surface area contributed by atoms with E-state index in [1.807, 2.05) is 38.7 Å². The van der Waals surface area contributed by atoms with E-state index in [0.29, 0.717) is 44.2 Å². The zero-order valence-electron chi connectivity index (χ0n) is 17.4. The maximum Gasteiger partial charge on any atom is 0.410 e. The highest BCUT2D eigenvalue weighted by Gasteiger charge is 2.25. The Hall–Kier alpha value is -3.21. The van der Waals surface area contributed by atoms with Crippen molar-refractivity contribution in [3.63, 3.8) is 0 Å². The van der Waals surface area contributed by atoms with Crippen molar-refractivity contribution in [2.75, 3.05) is 38.1 Å². The Morgan fingerprint density at radius 1 is 1.17 bits per heavy atom. The van der Waals surface area contributed by atoms with E-state index in [4.69, 9.17) is 9.47 Å². The molecule has 2 amide bonds. The van der Waals surface area contributed by atoms with Crippen LogP contribution in [-0.2, 0) is 9.53 Å². The highest BCUT2D eigenvalue weighted by Crippen LogP contribution is 2.17. The van der Waals surface area contributed by atoms with Crippen LogP contribution in [0, 0.1) is 11.3 Å². The molecule has 0 saturated carbocycles. The standard InChI is InChI=1S/C21H28N4O4/c1-5-28-18-8-6-17(7-9-18)23-19(26)16(14-22)15-24-10-12-25(13-11-24)20(27)29-21(2,3)4/h6-9,15H,5,10-13H2,1-4H3,(H,23,26)/b16-15-. The maximum atomic E-state index is 12.4. The first-order valence-corrected chi connectivity index (χ1v) is 9.60. The normalized spacial score (nSPS) is 14.8. The Bertz CT molecular complexity index is 782. The summed E-state index contributed by atoms with van der Waals surface area (Å²) in [6, 6.07) is 8.89. The number of amides is 2. The van der Waals surface area contributed by atoms with Gasteiger partial charge in [-0.05, 0) is 52.0 Å². The van der Waals surface area contributed by atoms with Crippen molar-refractivity contribution in [2.45, 2.75) is 33.3 Å². The van der Waals surface area contributed by atoms with Crippen LogP contribution in [0.1, 0.15) is 27.7 Å². The molecule has 8 nitrogen and oxygen atoms in total. The summed E-state index contributed by atoms with van der Waals surface area (Å²) in [5.41, 5.74) is 0.0417. The summed E-state index contributed by atoms with van der Waals surface area (Å²) in [5, 5.41) is 12.1. The number of piperazine rings is 1. The van der Waals surface area contributed by atoms with Crippen molar-refractivity contribution in [1.82, 2.24) is 9.80 Å². The molecule has 0 radical (unpaired) electrons. The van der Waals surface area contributed by atoms with Gasteiger partial charge in [-0.3, -0.25) is 4.79 Å². The molecule has 0 bridgehead atoms. The molecule has 1 aromatic carbocycles. The highest BCUT2D eigenvalue weighted by atomic mass is 16.6. The van der Waals surface area contributed by atoms with E-state index < -0.39 is 11.5 Å². The van der Waals surface area contributed by atoms with Gasteiger partial charge >= 0.3 is 6.09 Å². The number of hydrogen-bond acceptors (Lipinski definition) is 6. The molecular weight excluding hydrogens is 372 g/mol. The molecule has 1 heterocycles. The molecule has 1 fully saturated rings. The average molecular weight is 400 g/mol. The first-order valence-electron chi connectivity index (χ1n) is 9.60. The van der Waals surface area contributed by atoms with Crippen LogP contribution in [0.5, 0.6) is 5.75 Å². The van der Waals surface area contributed by atoms with Crippen molar-refractivity contribution in [3.05, 3.63) is 36.0 Å². The van der Waals surface area contributed by atoms with Gasteiger partial charge < -0.3 is 24.6 Å². The fraction of sp³-hybridized carbons (Fsp3) is 0.476. The second-order valence-electron chi connectivity index (χ2n) is 7.57. The van der Waals surface area contributed by atoms with Crippen LogP contribution in [0.15, 0.2) is 36.0 Å².